The van der Waals surface area contributed by atoms with Crippen LogP contribution in [-0.4, -0.2) is 22.1 Å². The van der Waals surface area contributed by atoms with Gasteiger partial charge in [-0.25, -0.2) is 0 Å². The van der Waals surface area contributed by atoms with Gasteiger partial charge in [0, 0.05) is 12.8 Å². The van der Waals surface area contributed by atoms with Gasteiger partial charge in [0.25, 0.3) is 11.8 Å². The van der Waals surface area contributed by atoms with Gasteiger partial charge in [-0.3, -0.25) is 14.8 Å². The van der Waals surface area contributed by atoms with E-state index in [9.17, 15) is 9.59 Å². The molecule has 0 saturated carbocycles. The molecule has 0 atom stereocenters. The van der Waals surface area contributed by atoms with Gasteiger partial charge in [0.2, 0.25) is 0 Å². The average molecular weight is 132 g/mol. The van der Waals surface area contributed by atoms with E-state index in [1.54, 1.807) is 0 Å². The number of hydroxylamine groups is 2. The SMILES string of the molecule is N.O=C1CCC(=O)N1O. The molecule has 1 aliphatic heterocycles. The maximum absolute atomic E-state index is 10.2. The number of nitrogens with zero attached hydrogens (tertiary/aromatic N) is 1. The van der Waals surface area contributed by atoms with Gasteiger partial charge in [0.05, 0.1) is 0 Å². The Hall–Kier alpha value is -0.940. The first-order valence-electron chi connectivity index (χ1n) is 2.26. The lowest BCUT2D eigenvalue weighted by Crippen LogP contribution is -2.24. The summed E-state index contributed by atoms with van der Waals surface area (Å²) in [4.78, 5) is 20.5. The summed E-state index contributed by atoms with van der Waals surface area (Å²) in [5.74, 6) is -1.01. The summed E-state index contributed by atoms with van der Waals surface area (Å²) in [6.45, 7) is 0. The van der Waals surface area contributed by atoms with E-state index >= 15 is 0 Å². The van der Waals surface area contributed by atoms with Crippen molar-refractivity contribution in [3.8, 4) is 0 Å². The van der Waals surface area contributed by atoms with Crippen molar-refractivity contribution in [3.05, 3.63) is 0 Å². The number of imide groups is 1. The molecule has 0 bridgehead atoms. The lowest BCUT2D eigenvalue weighted by molar-refractivity contribution is -0.171. The fourth-order valence-corrected chi connectivity index (χ4v) is 0.565. The zero-order valence-electron chi connectivity index (χ0n) is 4.83. The molecular formula is C4H8N2O3. The van der Waals surface area contributed by atoms with Crippen molar-refractivity contribution in [1.82, 2.24) is 11.2 Å². The lowest BCUT2D eigenvalue weighted by atomic mass is 10.4. The van der Waals surface area contributed by atoms with Crippen LogP contribution in [0.25, 0.3) is 0 Å². The molecule has 0 aliphatic carbocycles. The largest absolute Gasteiger partial charge is 0.344 e. The lowest BCUT2D eigenvalue weighted by Gasteiger charge is -1.98. The van der Waals surface area contributed by atoms with Crippen molar-refractivity contribution < 1.29 is 14.8 Å². The number of carbonyl (C=O) groups is 2. The summed E-state index contributed by atoms with van der Waals surface area (Å²) in [6, 6.07) is 0. The zero-order chi connectivity index (χ0) is 6.15. The molecule has 4 N–H and O–H groups in total. The highest BCUT2D eigenvalue weighted by molar-refractivity contribution is 6.00. The molecule has 9 heavy (non-hydrogen) atoms. The number of amides is 2. The number of hydrogen-bond acceptors (Lipinski definition) is 4. The van der Waals surface area contributed by atoms with Crippen molar-refractivity contribution in [2.75, 3.05) is 0 Å². The third-order valence-electron chi connectivity index (χ3n) is 1.03. The van der Waals surface area contributed by atoms with E-state index in [0.717, 1.165) is 0 Å². The molecule has 1 aliphatic rings. The van der Waals surface area contributed by atoms with Crippen molar-refractivity contribution in [2.45, 2.75) is 12.8 Å². The smallest absolute Gasteiger partial charge is 0.253 e. The third-order valence-corrected chi connectivity index (χ3v) is 1.03. The molecule has 0 unspecified atom stereocenters. The van der Waals surface area contributed by atoms with Crippen LogP contribution >= 0.6 is 0 Å². The van der Waals surface area contributed by atoms with Gasteiger partial charge in [-0.2, -0.15) is 5.06 Å². The van der Waals surface area contributed by atoms with Crippen LogP contribution in [0.4, 0.5) is 0 Å². The predicted molar refractivity (Wildman–Crippen MR) is 27.9 cm³/mol. The molecule has 5 heteroatoms. The molecule has 0 spiro atoms. The summed E-state index contributed by atoms with van der Waals surface area (Å²) < 4.78 is 0. The zero-order valence-corrected chi connectivity index (χ0v) is 4.83. The van der Waals surface area contributed by atoms with Crippen LogP contribution in [-0.2, 0) is 9.59 Å². The van der Waals surface area contributed by atoms with E-state index in [1.165, 1.54) is 0 Å². The average Bonchev–Trinajstić information content (AvgIpc) is 1.98. The second-order valence-corrected chi connectivity index (χ2v) is 1.60. The maximum Gasteiger partial charge on any atom is 0.253 e. The van der Waals surface area contributed by atoms with E-state index in [2.05, 4.69) is 0 Å². The van der Waals surface area contributed by atoms with Crippen LogP contribution in [0.15, 0.2) is 0 Å². The standard InChI is InChI=1S/C4H5NO3.H3N/c6-3-1-2-4(7)5(3)8;/h8H,1-2H2;1H3. The summed E-state index contributed by atoms with van der Waals surface area (Å²) in [5, 5.41) is 8.57. The molecule has 1 rings (SSSR count). The molecule has 52 valence electrons. The summed E-state index contributed by atoms with van der Waals surface area (Å²) >= 11 is 0. The van der Waals surface area contributed by atoms with E-state index in [1.807, 2.05) is 0 Å². The van der Waals surface area contributed by atoms with Crippen LogP contribution in [0, 0.1) is 0 Å². The number of carbonyl (C=O) groups excluding carboxylic acids is 2. The Morgan fingerprint density at radius 2 is 1.56 bits per heavy atom. The Balaban J connectivity index is 0.000000640. The highest BCUT2D eigenvalue weighted by Crippen LogP contribution is 2.06. The van der Waals surface area contributed by atoms with E-state index in [0.29, 0.717) is 0 Å². The van der Waals surface area contributed by atoms with Crippen LogP contribution in [0.2, 0.25) is 0 Å². The highest BCUT2D eigenvalue weighted by Gasteiger charge is 2.26. The minimum Gasteiger partial charge on any atom is -0.344 e. The van der Waals surface area contributed by atoms with Gasteiger partial charge in [-0.1, -0.05) is 0 Å². The maximum atomic E-state index is 10.2. The third kappa shape index (κ3) is 1.24. The highest BCUT2D eigenvalue weighted by atomic mass is 16.5. The molecule has 2 amide bonds. The molecule has 1 saturated heterocycles. The summed E-state index contributed by atoms with van der Waals surface area (Å²) in [7, 11) is 0. The Morgan fingerprint density at radius 1 is 1.22 bits per heavy atom. The Labute approximate surface area is 51.8 Å². The minimum absolute atomic E-state index is 0. The van der Waals surface area contributed by atoms with Gasteiger partial charge in [-0.05, 0) is 0 Å². The van der Waals surface area contributed by atoms with Crippen molar-refractivity contribution in [1.29, 1.82) is 0 Å². The number of rotatable bonds is 0. The summed E-state index contributed by atoms with van der Waals surface area (Å²) in [5.41, 5.74) is 0. The van der Waals surface area contributed by atoms with Gasteiger partial charge >= 0.3 is 0 Å². The molecule has 0 aromatic carbocycles. The minimum atomic E-state index is -0.505. The molecule has 1 fully saturated rings. The molecule has 1 heterocycles. The van der Waals surface area contributed by atoms with Gasteiger partial charge in [-0.15, -0.1) is 0 Å². The van der Waals surface area contributed by atoms with Crippen LogP contribution in [0.3, 0.4) is 0 Å². The van der Waals surface area contributed by atoms with E-state index < -0.39 is 11.8 Å². The molecule has 0 aromatic rings. The fraction of sp³-hybridized carbons (Fsp3) is 0.500. The van der Waals surface area contributed by atoms with Crippen molar-refractivity contribution in [2.24, 2.45) is 0 Å². The normalized spacial score (nSPS) is 18.1. The first kappa shape index (κ1) is 8.06. The molecule has 5 nitrogen and oxygen atoms in total. The van der Waals surface area contributed by atoms with Crippen molar-refractivity contribution >= 4 is 11.8 Å². The predicted octanol–water partition coefficient (Wildman–Crippen LogP) is -0.313. The Morgan fingerprint density at radius 3 is 1.67 bits per heavy atom. The first-order chi connectivity index (χ1) is 3.72. The van der Waals surface area contributed by atoms with Gasteiger partial charge in [0.1, 0.15) is 0 Å². The van der Waals surface area contributed by atoms with Crippen LogP contribution < -0.4 is 6.15 Å². The Kier molecular flexibility index (Phi) is 2.29. The van der Waals surface area contributed by atoms with E-state index in [-0.39, 0.29) is 24.1 Å². The first-order valence-corrected chi connectivity index (χ1v) is 2.26. The van der Waals surface area contributed by atoms with Gasteiger partial charge < -0.3 is 6.15 Å². The molecule has 0 aromatic heterocycles. The van der Waals surface area contributed by atoms with Crippen LogP contribution in [0.1, 0.15) is 12.8 Å². The molecular weight excluding hydrogens is 124 g/mol. The monoisotopic (exact) mass is 132 g/mol. The molecule has 0 radical (unpaired) electrons. The van der Waals surface area contributed by atoms with Crippen LogP contribution in [0.5, 0.6) is 0 Å². The van der Waals surface area contributed by atoms with Crippen molar-refractivity contribution in [3.63, 3.8) is 0 Å². The summed E-state index contributed by atoms with van der Waals surface area (Å²) in [6.07, 6.45) is 0.296. The van der Waals surface area contributed by atoms with E-state index in [4.69, 9.17) is 5.21 Å². The second kappa shape index (κ2) is 2.56. The quantitative estimate of drug-likeness (QED) is 0.349. The fourth-order valence-electron chi connectivity index (χ4n) is 0.565. The van der Waals surface area contributed by atoms with Gasteiger partial charge in [0.15, 0.2) is 0 Å². The second-order valence-electron chi connectivity index (χ2n) is 1.60. The Bertz CT molecular complexity index is 129. The number of hydrogen-bond donors (Lipinski definition) is 2. The topological polar surface area (TPSA) is 92.6 Å².